The number of carboxylic acid groups (broad SMARTS) is 1. The Morgan fingerprint density at radius 2 is 2.42 bits per heavy atom. The predicted octanol–water partition coefficient (Wildman–Crippen LogP) is 1.55. The first-order valence-corrected chi connectivity index (χ1v) is 7.11. The molecule has 5 nitrogen and oxygen atoms in total. The summed E-state index contributed by atoms with van der Waals surface area (Å²) in [6.45, 7) is 3.10. The molecular weight excluding hydrogens is 266 g/mol. The van der Waals surface area contributed by atoms with Gasteiger partial charge in [-0.15, -0.1) is 11.3 Å². The van der Waals surface area contributed by atoms with Gasteiger partial charge in [0.25, 0.3) is 0 Å². The van der Waals surface area contributed by atoms with Crippen LogP contribution in [0.1, 0.15) is 24.1 Å². The Morgan fingerprint density at radius 1 is 1.63 bits per heavy atom. The maximum Gasteiger partial charge on any atom is 0.305 e. The molecule has 1 aromatic heterocycles. The van der Waals surface area contributed by atoms with Gasteiger partial charge in [0.05, 0.1) is 31.6 Å². The summed E-state index contributed by atoms with van der Waals surface area (Å²) in [6.07, 6.45) is -0.0666. The molecule has 1 aliphatic rings. The van der Waals surface area contributed by atoms with Gasteiger partial charge >= 0.3 is 5.97 Å². The predicted molar refractivity (Wildman–Crippen MR) is 71.3 cm³/mol. The van der Waals surface area contributed by atoms with Gasteiger partial charge in [0, 0.05) is 11.4 Å². The molecule has 0 radical (unpaired) electrons. The molecular formula is C13H17NO4S. The Balaban J connectivity index is 2.08. The van der Waals surface area contributed by atoms with Crippen LogP contribution in [0.25, 0.3) is 0 Å². The van der Waals surface area contributed by atoms with Crippen LogP contribution in [0, 0.1) is 0 Å². The lowest BCUT2D eigenvalue weighted by Gasteiger charge is -2.36. The van der Waals surface area contributed by atoms with E-state index in [1.54, 1.807) is 16.2 Å². The molecule has 0 aromatic carbocycles. The first kappa shape index (κ1) is 14.0. The number of amides is 1. The van der Waals surface area contributed by atoms with Gasteiger partial charge in [-0.2, -0.15) is 0 Å². The fraction of sp³-hybridized carbons (Fsp3) is 0.538. The van der Waals surface area contributed by atoms with E-state index in [1.165, 1.54) is 0 Å². The quantitative estimate of drug-likeness (QED) is 0.910. The van der Waals surface area contributed by atoms with E-state index in [0.717, 1.165) is 4.88 Å². The number of hydrogen-bond donors (Lipinski definition) is 1. The van der Waals surface area contributed by atoms with Gasteiger partial charge in [-0.25, -0.2) is 0 Å². The van der Waals surface area contributed by atoms with E-state index in [9.17, 15) is 9.59 Å². The largest absolute Gasteiger partial charge is 0.481 e. The molecule has 104 valence electrons. The van der Waals surface area contributed by atoms with Crippen LogP contribution in [0.2, 0.25) is 0 Å². The number of ether oxygens (including phenoxy) is 1. The molecule has 1 fully saturated rings. The van der Waals surface area contributed by atoms with Crippen LogP contribution in [0.4, 0.5) is 0 Å². The van der Waals surface area contributed by atoms with Crippen LogP contribution in [0.5, 0.6) is 0 Å². The number of aliphatic carboxylic acids is 1. The van der Waals surface area contributed by atoms with Gasteiger partial charge in [-0.05, 0) is 18.4 Å². The van der Waals surface area contributed by atoms with Gasteiger partial charge in [0.15, 0.2) is 0 Å². The molecule has 0 bridgehead atoms. The molecule has 2 heterocycles. The second-order valence-corrected chi connectivity index (χ2v) is 5.57. The zero-order chi connectivity index (χ0) is 13.8. The Hall–Kier alpha value is -1.40. The van der Waals surface area contributed by atoms with E-state index in [-0.39, 0.29) is 24.3 Å². The number of carbonyl (C=O) groups excluding carboxylic acids is 1. The minimum Gasteiger partial charge on any atom is -0.481 e. The summed E-state index contributed by atoms with van der Waals surface area (Å²) in [4.78, 5) is 26.0. The summed E-state index contributed by atoms with van der Waals surface area (Å²) < 4.78 is 5.28. The monoisotopic (exact) mass is 283 g/mol. The van der Waals surface area contributed by atoms with Crippen molar-refractivity contribution in [3.8, 4) is 0 Å². The van der Waals surface area contributed by atoms with E-state index < -0.39 is 5.97 Å². The first-order chi connectivity index (χ1) is 9.09. The van der Waals surface area contributed by atoms with E-state index >= 15 is 0 Å². The second kappa shape index (κ2) is 6.16. The first-order valence-electron chi connectivity index (χ1n) is 6.23. The molecule has 1 N–H and O–H groups in total. The highest BCUT2D eigenvalue weighted by molar-refractivity contribution is 7.10. The zero-order valence-electron chi connectivity index (χ0n) is 10.7. The molecule has 0 spiro atoms. The normalized spacial score (nSPS) is 21.1. The Morgan fingerprint density at radius 3 is 3.05 bits per heavy atom. The molecule has 6 heteroatoms. The second-order valence-electron chi connectivity index (χ2n) is 4.60. The summed E-state index contributed by atoms with van der Waals surface area (Å²) >= 11 is 1.54. The third kappa shape index (κ3) is 3.33. The third-order valence-electron chi connectivity index (χ3n) is 3.26. The number of morpholine rings is 1. The van der Waals surface area contributed by atoms with E-state index in [2.05, 4.69) is 0 Å². The fourth-order valence-electron chi connectivity index (χ4n) is 2.22. The van der Waals surface area contributed by atoms with Crippen molar-refractivity contribution >= 4 is 23.2 Å². The summed E-state index contributed by atoms with van der Waals surface area (Å²) in [6, 6.07) is 3.48. The molecule has 2 atom stereocenters. The van der Waals surface area contributed by atoms with E-state index in [4.69, 9.17) is 9.84 Å². The van der Waals surface area contributed by atoms with E-state index in [1.807, 2.05) is 24.4 Å². The lowest BCUT2D eigenvalue weighted by atomic mass is 10.1. The highest BCUT2D eigenvalue weighted by Crippen LogP contribution is 2.25. The van der Waals surface area contributed by atoms with Gasteiger partial charge < -0.3 is 14.7 Å². The summed E-state index contributed by atoms with van der Waals surface area (Å²) in [5, 5.41) is 10.8. The molecule has 2 unspecified atom stereocenters. The van der Waals surface area contributed by atoms with Crippen molar-refractivity contribution in [3.05, 3.63) is 22.4 Å². The minimum absolute atomic E-state index is 0.0167. The molecule has 1 aliphatic heterocycles. The van der Waals surface area contributed by atoms with Crippen LogP contribution >= 0.6 is 11.3 Å². The minimum atomic E-state index is -0.905. The Bertz CT molecular complexity index is 446. The molecule has 1 saturated heterocycles. The Kier molecular flexibility index (Phi) is 4.55. The van der Waals surface area contributed by atoms with Crippen LogP contribution in [-0.4, -0.2) is 47.7 Å². The highest BCUT2D eigenvalue weighted by atomic mass is 32.1. The van der Waals surface area contributed by atoms with Crippen LogP contribution < -0.4 is 0 Å². The van der Waals surface area contributed by atoms with Crippen molar-refractivity contribution in [1.82, 2.24) is 4.90 Å². The molecule has 0 saturated carbocycles. The van der Waals surface area contributed by atoms with Crippen molar-refractivity contribution < 1.29 is 19.4 Å². The maximum atomic E-state index is 12.5. The smallest absolute Gasteiger partial charge is 0.305 e. The van der Waals surface area contributed by atoms with Crippen molar-refractivity contribution in [1.29, 1.82) is 0 Å². The van der Waals surface area contributed by atoms with Crippen molar-refractivity contribution in [2.45, 2.75) is 25.3 Å². The van der Waals surface area contributed by atoms with Crippen molar-refractivity contribution in [2.75, 3.05) is 19.8 Å². The van der Waals surface area contributed by atoms with Crippen LogP contribution in [0.15, 0.2) is 17.5 Å². The number of carbonyl (C=O) groups is 2. The lowest BCUT2D eigenvalue weighted by Crippen LogP contribution is -2.50. The molecule has 1 amide bonds. The molecule has 19 heavy (non-hydrogen) atoms. The van der Waals surface area contributed by atoms with Gasteiger partial charge in [-0.3, -0.25) is 9.59 Å². The number of thiophene rings is 1. The lowest BCUT2D eigenvalue weighted by molar-refractivity contribution is -0.147. The van der Waals surface area contributed by atoms with Gasteiger partial charge in [-0.1, -0.05) is 6.07 Å². The third-order valence-corrected chi connectivity index (χ3v) is 4.32. The van der Waals surface area contributed by atoms with Crippen molar-refractivity contribution in [3.63, 3.8) is 0 Å². The van der Waals surface area contributed by atoms with Crippen molar-refractivity contribution in [2.24, 2.45) is 0 Å². The highest BCUT2D eigenvalue weighted by Gasteiger charge is 2.32. The van der Waals surface area contributed by atoms with Gasteiger partial charge in [0.2, 0.25) is 5.91 Å². The molecule has 2 rings (SSSR count). The van der Waals surface area contributed by atoms with E-state index in [0.29, 0.717) is 19.8 Å². The summed E-state index contributed by atoms with van der Waals surface area (Å²) in [5.74, 6) is -1.15. The number of carboxylic acids is 1. The topological polar surface area (TPSA) is 66.8 Å². The SMILES string of the molecule is CC(C(=O)N1CCOCC1CC(=O)O)c1cccs1. The fourth-order valence-corrected chi connectivity index (χ4v) is 3.00. The Labute approximate surface area is 115 Å². The summed E-state index contributed by atoms with van der Waals surface area (Å²) in [7, 11) is 0. The number of hydrogen-bond acceptors (Lipinski definition) is 4. The number of rotatable bonds is 4. The standard InChI is InChI=1S/C13H17NO4S/c1-9(11-3-2-6-19-11)13(17)14-4-5-18-8-10(14)7-12(15)16/h2-3,6,9-10H,4-5,7-8H2,1H3,(H,15,16). The number of nitrogens with zero attached hydrogens (tertiary/aromatic N) is 1. The molecule has 1 aromatic rings. The zero-order valence-corrected chi connectivity index (χ0v) is 11.6. The molecule has 0 aliphatic carbocycles. The summed E-state index contributed by atoms with van der Waals surface area (Å²) in [5.41, 5.74) is 0. The average molecular weight is 283 g/mol. The maximum absolute atomic E-state index is 12.5. The average Bonchev–Trinajstić information content (AvgIpc) is 2.91. The van der Waals surface area contributed by atoms with Crippen LogP contribution in [0.3, 0.4) is 0 Å². The van der Waals surface area contributed by atoms with Gasteiger partial charge in [0.1, 0.15) is 0 Å². The van der Waals surface area contributed by atoms with Crippen LogP contribution in [-0.2, 0) is 14.3 Å².